The van der Waals surface area contributed by atoms with Gasteiger partial charge in [0.2, 0.25) is 0 Å². The smallest absolute Gasteiger partial charge is 0.306 e. The molecule has 378 valence electrons. The van der Waals surface area contributed by atoms with Crippen LogP contribution in [0.15, 0.2) is 12.2 Å². The lowest BCUT2D eigenvalue weighted by Crippen LogP contribution is -2.60. The standard InChI is InChI=1S/C51H96O12S/c1-3-5-7-9-11-13-15-17-19-21-22-24-25-27-29-31-33-35-37-39-46(52)60-41-44(42-61-51-50(56)49(55)48(54)45(63-51)43-64(57,58)59)62-47(53)40-38-36-34-32-30-28-26-23-20-18-16-14-12-10-8-6-4-2/h18,20,44-45,48-51,54-56H,3-17,19,21-43H2,1-2H3,(H,57,58,59)/b20-18+/t44-,45-,48-,49?,50?,51+/m1/s1. The van der Waals surface area contributed by atoms with Crippen LogP contribution >= 0.6 is 0 Å². The van der Waals surface area contributed by atoms with Crippen LogP contribution in [0.3, 0.4) is 0 Å². The molecule has 0 aromatic rings. The molecule has 6 atom stereocenters. The molecule has 1 aliphatic rings. The minimum atomic E-state index is -4.60. The predicted molar refractivity (Wildman–Crippen MR) is 257 cm³/mol. The second-order valence-corrected chi connectivity index (χ2v) is 20.0. The van der Waals surface area contributed by atoms with E-state index >= 15 is 0 Å². The van der Waals surface area contributed by atoms with Gasteiger partial charge < -0.3 is 34.3 Å². The topological polar surface area (TPSA) is 186 Å². The van der Waals surface area contributed by atoms with E-state index in [-0.39, 0.29) is 19.4 Å². The highest BCUT2D eigenvalue weighted by Crippen LogP contribution is 2.24. The van der Waals surface area contributed by atoms with Crippen molar-refractivity contribution in [3.05, 3.63) is 12.2 Å². The fraction of sp³-hybridized carbons (Fsp3) is 0.922. The molecule has 1 saturated heterocycles. The summed E-state index contributed by atoms with van der Waals surface area (Å²) in [7, 11) is -4.60. The molecule has 0 spiro atoms. The number of hydrogen-bond donors (Lipinski definition) is 4. The second kappa shape index (κ2) is 41.6. The number of carbonyl (C=O) groups excluding carboxylic acids is 2. The minimum absolute atomic E-state index is 0.164. The summed E-state index contributed by atoms with van der Waals surface area (Å²) in [5.41, 5.74) is 0. The fourth-order valence-electron chi connectivity index (χ4n) is 8.26. The van der Waals surface area contributed by atoms with E-state index in [1.54, 1.807) is 0 Å². The molecule has 1 aliphatic heterocycles. The van der Waals surface area contributed by atoms with Crippen molar-refractivity contribution in [3.8, 4) is 0 Å². The van der Waals surface area contributed by atoms with Crippen LogP contribution in [0.4, 0.5) is 0 Å². The van der Waals surface area contributed by atoms with E-state index in [0.29, 0.717) is 12.8 Å². The molecule has 0 radical (unpaired) electrons. The number of aliphatic hydroxyl groups excluding tert-OH is 3. The molecule has 0 aromatic heterocycles. The van der Waals surface area contributed by atoms with Crippen LogP contribution in [0.5, 0.6) is 0 Å². The molecule has 1 heterocycles. The predicted octanol–water partition coefficient (Wildman–Crippen LogP) is 11.8. The highest BCUT2D eigenvalue weighted by atomic mass is 32.2. The third-order valence-corrected chi connectivity index (χ3v) is 13.1. The SMILES string of the molecule is CCCCCCCC/C=C/CCCCCCCCCC(=O)O[C@H](COC(=O)CCCCCCCCCCCCCCCCCCCCC)CO[C@H]1O[C@H](CS(=O)(=O)O)[C@@H](O)C(O)C1O. The average Bonchev–Trinajstić information content (AvgIpc) is 3.26. The van der Waals surface area contributed by atoms with E-state index in [0.717, 1.165) is 51.4 Å². The maximum absolute atomic E-state index is 12.9. The van der Waals surface area contributed by atoms with Gasteiger partial charge in [0.15, 0.2) is 12.4 Å². The number of allylic oxidation sites excluding steroid dienone is 2. The number of esters is 2. The zero-order valence-electron chi connectivity index (χ0n) is 40.7. The summed E-state index contributed by atoms with van der Waals surface area (Å²) in [6.07, 6.45) is 36.8. The molecule has 0 aromatic carbocycles. The van der Waals surface area contributed by atoms with Gasteiger partial charge in [-0.2, -0.15) is 8.42 Å². The van der Waals surface area contributed by atoms with Gasteiger partial charge in [0.05, 0.1) is 6.61 Å². The van der Waals surface area contributed by atoms with Gasteiger partial charge in [-0.25, -0.2) is 0 Å². The first kappa shape index (κ1) is 60.4. The Morgan fingerprint density at radius 3 is 1.30 bits per heavy atom. The minimum Gasteiger partial charge on any atom is -0.462 e. The third kappa shape index (κ3) is 35.6. The summed E-state index contributed by atoms with van der Waals surface area (Å²) in [5.74, 6) is -1.97. The van der Waals surface area contributed by atoms with Crippen molar-refractivity contribution >= 4 is 22.1 Å². The normalized spacial score (nSPS) is 19.6. The van der Waals surface area contributed by atoms with Crippen molar-refractivity contribution < 1.29 is 56.8 Å². The maximum atomic E-state index is 12.9. The van der Waals surface area contributed by atoms with Crippen molar-refractivity contribution in [1.29, 1.82) is 0 Å². The summed E-state index contributed by atoms with van der Waals surface area (Å²) in [4.78, 5) is 25.5. The number of rotatable bonds is 45. The van der Waals surface area contributed by atoms with E-state index in [4.69, 9.17) is 18.9 Å². The Bertz CT molecular complexity index is 1230. The average molecular weight is 933 g/mol. The number of unbranched alkanes of at least 4 members (excludes halogenated alkanes) is 31. The molecule has 2 unspecified atom stereocenters. The van der Waals surface area contributed by atoms with E-state index in [9.17, 15) is 37.9 Å². The quantitative estimate of drug-likeness (QED) is 0.0196. The van der Waals surface area contributed by atoms with E-state index in [1.807, 2.05) is 0 Å². The molecule has 1 rings (SSSR count). The molecule has 13 heteroatoms. The van der Waals surface area contributed by atoms with Crippen LogP contribution in [-0.4, -0.2) is 96.0 Å². The Morgan fingerprint density at radius 2 is 0.891 bits per heavy atom. The monoisotopic (exact) mass is 933 g/mol. The number of hydrogen-bond acceptors (Lipinski definition) is 11. The molecule has 0 aliphatic carbocycles. The van der Waals surface area contributed by atoms with Gasteiger partial charge in [-0.15, -0.1) is 0 Å². The molecular weight excluding hydrogens is 837 g/mol. The van der Waals surface area contributed by atoms with Gasteiger partial charge in [-0.1, -0.05) is 206 Å². The molecule has 0 bridgehead atoms. The number of ether oxygens (including phenoxy) is 4. The van der Waals surface area contributed by atoms with Crippen LogP contribution in [0, 0.1) is 0 Å². The van der Waals surface area contributed by atoms with Crippen LogP contribution in [-0.2, 0) is 38.7 Å². The zero-order valence-corrected chi connectivity index (χ0v) is 41.5. The Kier molecular flexibility index (Phi) is 39.2. The summed E-state index contributed by atoms with van der Waals surface area (Å²) >= 11 is 0. The fourth-order valence-corrected chi connectivity index (χ4v) is 8.95. The lowest BCUT2D eigenvalue weighted by Gasteiger charge is -2.40. The van der Waals surface area contributed by atoms with Gasteiger partial charge in [-0.05, 0) is 38.5 Å². The van der Waals surface area contributed by atoms with Crippen molar-refractivity contribution in [2.45, 2.75) is 282 Å². The maximum Gasteiger partial charge on any atom is 0.306 e. The number of carbonyl (C=O) groups is 2. The van der Waals surface area contributed by atoms with E-state index < -0.39 is 71.2 Å². The Labute approximate surface area is 390 Å². The van der Waals surface area contributed by atoms with Crippen LogP contribution in [0.25, 0.3) is 0 Å². The van der Waals surface area contributed by atoms with E-state index in [1.165, 1.54) is 154 Å². The summed E-state index contributed by atoms with van der Waals surface area (Å²) < 4.78 is 54.3. The largest absolute Gasteiger partial charge is 0.462 e. The van der Waals surface area contributed by atoms with Crippen LogP contribution in [0.2, 0.25) is 0 Å². The number of aliphatic hydroxyl groups is 3. The zero-order chi connectivity index (χ0) is 46.9. The first-order chi connectivity index (χ1) is 31.0. The Balaban J connectivity index is 2.35. The van der Waals surface area contributed by atoms with Crippen molar-refractivity contribution in [1.82, 2.24) is 0 Å². The molecule has 0 amide bonds. The van der Waals surface area contributed by atoms with Crippen molar-refractivity contribution in [3.63, 3.8) is 0 Å². The third-order valence-electron chi connectivity index (χ3n) is 12.3. The summed E-state index contributed by atoms with van der Waals surface area (Å²) in [6, 6.07) is 0. The Hall–Kier alpha value is -1.61. The van der Waals surface area contributed by atoms with Gasteiger partial charge in [0, 0.05) is 12.8 Å². The van der Waals surface area contributed by atoms with Gasteiger partial charge >= 0.3 is 11.9 Å². The lowest BCUT2D eigenvalue weighted by atomic mass is 10.00. The van der Waals surface area contributed by atoms with Crippen molar-refractivity contribution in [2.24, 2.45) is 0 Å². The van der Waals surface area contributed by atoms with Crippen molar-refractivity contribution in [2.75, 3.05) is 19.0 Å². The molecule has 12 nitrogen and oxygen atoms in total. The van der Waals surface area contributed by atoms with Crippen LogP contribution < -0.4 is 0 Å². The summed E-state index contributed by atoms with van der Waals surface area (Å²) in [5, 5.41) is 31.0. The highest BCUT2D eigenvalue weighted by molar-refractivity contribution is 7.85. The summed E-state index contributed by atoms with van der Waals surface area (Å²) in [6.45, 7) is 3.80. The Morgan fingerprint density at radius 1 is 0.516 bits per heavy atom. The molecule has 4 N–H and O–H groups in total. The first-order valence-corrected chi connectivity index (χ1v) is 27.9. The highest BCUT2D eigenvalue weighted by Gasteiger charge is 2.46. The molecule has 0 saturated carbocycles. The van der Waals surface area contributed by atoms with Crippen LogP contribution in [0.1, 0.15) is 245 Å². The first-order valence-electron chi connectivity index (χ1n) is 26.2. The molecule has 1 fully saturated rings. The van der Waals surface area contributed by atoms with Gasteiger partial charge in [0.25, 0.3) is 10.1 Å². The van der Waals surface area contributed by atoms with Gasteiger partial charge in [0.1, 0.15) is 36.8 Å². The van der Waals surface area contributed by atoms with E-state index in [2.05, 4.69) is 26.0 Å². The molecule has 64 heavy (non-hydrogen) atoms. The lowest BCUT2D eigenvalue weighted by molar-refractivity contribution is -0.297. The second-order valence-electron chi connectivity index (χ2n) is 18.5. The van der Waals surface area contributed by atoms with Gasteiger partial charge in [-0.3, -0.25) is 14.1 Å². The molecular formula is C51H96O12S.